The number of halogens is 2. The zero-order valence-corrected chi connectivity index (χ0v) is 17.8. The SMILES string of the molecule is Cc1ccc(NC(=O)CN(Cc2ccc(F)cc2)S(=O)(=O)c2ccccc2)cc1Cl. The van der Waals surface area contributed by atoms with Crippen LogP contribution in [0, 0.1) is 12.7 Å². The molecule has 0 unspecified atom stereocenters. The van der Waals surface area contributed by atoms with Crippen molar-refractivity contribution in [3.8, 4) is 0 Å². The molecule has 3 aromatic carbocycles. The Morgan fingerprint density at radius 2 is 1.70 bits per heavy atom. The zero-order chi connectivity index (χ0) is 21.7. The highest BCUT2D eigenvalue weighted by atomic mass is 35.5. The van der Waals surface area contributed by atoms with Gasteiger partial charge in [0.1, 0.15) is 5.82 Å². The van der Waals surface area contributed by atoms with Crippen molar-refractivity contribution < 1.29 is 17.6 Å². The van der Waals surface area contributed by atoms with Crippen molar-refractivity contribution in [3.05, 3.63) is 94.8 Å². The third kappa shape index (κ3) is 5.44. The van der Waals surface area contributed by atoms with Gasteiger partial charge in [-0.05, 0) is 54.4 Å². The zero-order valence-electron chi connectivity index (χ0n) is 16.2. The number of rotatable bonds is 7. The molecular weight excluding hydrogens is 427 g/mol. The molecule has 1 N–H and O–H groups in total. The molecule has 0 saturated heterocycles. The molecule has 0 atom stereocenters. The fraction of sp³-hybridized carbons (Fsp3) is 0.136. The maximum Gasteiger partial charge on any atom is 0.243 e. The summed E-state index contributed by atoms with van der Waals surface area (Å²) in [5.41, 5.74) is 1.88. The number of hydrogen-bond acceptors (Lipinski definition) is 3. The minimum Gasteiger partial charge on any atom is -0.325 e. The standard InChI is InChI=1S/C22H20ClFN2O3S/c1-16-7-12-19(13-21(16)23)25-22(27)15-26(14-17-8-10-18(24)11-9-17)30(28,29)20-5-3-2-4-6-20/h2-13H,14-15H2,1H3,(H,25,27). The molecule has 156 valence electrons. The Balaban J connectivity index is 1.85. The van der Waals surface area contributed by atoms with Crippen LogP contribution in [0.2, 0.25) is 5.02 Å². The first kappa shape index (κ1) is 22.0. The van der Waals surface area contributed by atoms with Gasteiger partial charge >= 0.3 is 0 Å². The van der Waals surface area contributed by atoms with Crippen molar-refractivity contribution in [2.24, 2.45) is 0 Å². The molecule has 0 aromatic heterocycles. The molecule has 1 amide bonds. The van der Waals surface area contributed by atoms with Crippen LogP contribution < -0.4 is 5.32 Å². The van der Waals surface area contributed by atoms with Crippen LogP contribution in [-0.4, -0.2) is 25.2 Å². The third-order valence-electron chi connectivity index (χ3n) is 4.43. The number of aryl methyl sites for hydroxylation is 1. The third-order valence-corrected chi connectivity index (χ3v) is 6.64. The summed E-state index contributed by atoms with van der Waals surface area (Å²) in [7, 11) is -3.96. The lowest BCUT2D eigenvalue weighted by molar-refractivity contribution is -0.116. The summed E-state index contributed by atoms with van der Waals surface area (Å²) in [6.45, 7) is 1.34. The van der Waals surface area contributed by atoms with Crippen molar-refractivity contribution in [3.63, 3.8) is 0 Å². The number of carbonyl (C=O) groups excluding carboxylic acids is 1. The highest BCUT2D eigenvalue weighted by Gasteiger charge is 2.27. The Morgan fingerprint density at radius 1 is 1.03 bits per heavy atom. The molecule has 0 radical (unpaired) electrons. The van der Waals surface area contributed by atoms with Gasteiger partial charge in [0.15, 0.2) is 0 Å². The molecule has 0 fully saturated rings. The lowest BCUT2D eigenvalue weighted by Gasteiger charge is -2.22. The van der Waals surface area contributed by atoms with E-state index in [1.54, 1.807) is 36.4 Å². The largest absolute Gasteiger partial charge is 0.325 e. The second kappa shape index (κ2) is 9.38. The first-order chi connectivity index (χ1) is 14.3. The number of nitrogens with one attached hydrogen (secondary N) is 1. The first-order valence-corrected chi connectivity index (χ1v) is 10.9. The Morgan fingerprint density at radius 3 is 2.33 bits per heavy atom. The monoisotopic (exact) mass is 446 g/mol. The molecule has 0 aliphatic heterocycles. The van der Waals surface area contributed by atoms with Crippen molar-refractivity contribution in [1.82, 2.24) is 4.31 Å². The van der Waals surface area contributed by atoms with Gasteiger partial charge in [-0.15, -0.1) is 0 Å². The van der Waals surface area contributed by atoms with E-state index in [4.69, 9.17) is 11.6 Å². The average molecular weight is 447 g/mol. The van der Waals surface area contributed by atoms with E-state index < -0.39 is 28.3 Å². The molecule has 0 heterocycles. The van der Waals surface area contributed by atoms with Crippen LogP contribution >= 0.6 is 11.6 Å². The summed E-state index contributed by atoms with van der Waals surface area (Å²) >= 11 is 6.09. The molecule has 30 heavy (non-hydrogen) atoms. The Hall–Kier alpha value is -2.74. The lowest BCUT2D eigenvalue weighted by Crippen LogP contribution is -2.37. The Bertz CT molecular complexity index is 1140. The van der Waals surface area contributed by atoms with Crippen molar-refractivity contribution >= 4 is 33.2 Å². The summed E-state index contributed by atoms with van der Waals surface area (Å²) in [6.07, 6.45) is 0. The van der Waals surface area contributed by atoms with E-state index in [9.17, 15) is 17.6 Å². The van der Waals surface area contributed by atoms with E-state index in [0.29, 0.717) is 16.3 Å². The minimum absolute atomic E-state index is 0.0679. The highest BCUT2D eigenvalue weighted by Crippen LogP contribution is 2.21. The first-order valence-electron chi connectivity index (χ1n) is 9.11. The number of hydrogen-bond donors (Lipinski definition) is 1. The van der Waals surface area contributed by atoms with Crippen LogP contribution in [0.1, 0.15) is 11.1 Å². The van der Waals surface area contributed by atoms with Gasteiger partial charge in [-0.3, -0.25) is 4.79 Å². The van der Waals surface area contributed by atoms with Crippen LogP contribution in [-0.2, 0) is 21.4 Å². The molecule has 0 bridgehead atoms. The van der Waals surface area contributed by atoms with E-state index in [0.717, 1.165) is 9.87 Å². The summed E-state index contributed by atoms with van der Waals surface area (Å²) in [4.78, 5) is 12.7. The Kier molecular flexibility index (Phi) is 6.87. The summed E-state index contributed by atoms with van der Waals surface area (Å²) in [5.74, 6) is -0.943. The van der Waals surface area contributed by atoms with Gasteiger partial charge in [0.05, 0.1) is 11.4 Å². The second-order valence-corrected chi connectivity index (χ2v) is 9.07. The number of amides is 1. The number of sulfonamides is 1. The van der Waals surface area contributed by atoms with Gasteiger partial charge in [0.2, 0.25) is 15.9 Å². The number of anilines is 1. The molecular formula is C22H20ClFN2O3S. The summed E-state index contributed by atoms with van der Waals surface area (Å²) in [6, 6.07) is 18.4. The van der Waals surface area contributed by atoms with Gasteiger partial charge in [0, 0.05) is 17.3 Å². The molecule has 3 aromatic rings. The molecule has 8 heteroatoms. The van der Waals surface area contributed by atoms with Gasteiger partial charge in [-0.25, -0.2) is 12.8 Å². The lowest BCUT2D eigenvalue weighted by atomic mass is 10.2. The molecule has 0 spiro atoms. The van der Waals surface area contributed by atoms with E-state index in [1.165, 1.54) is 36.4 Å². The smallest absolute Gasteiger partial charge is 0.243 e. The minimum atomic E-state index is -3.96. The second-order valence-electron chi connectivity index (χ2n) is 6.72. The molecule has 5 nitrogen and oxygen atoms in total. The number of carbonyl (C=O) groups is 1. The van der Waals surface area contributed by atoms with Gasteiger partial charge < -0.3 is 5.32 Å². The van der Waals surface area contributed by atoms with Crippen molar-refractivity contribution in [1.29, 1.82) is 0 Å². The highest BCUT2D eigenvalue weighted by molar-refractivity contribution is 7.89. The van der Waals surface area contributed by atoms with Crippen LogP contribution in [0.4, 0.5) is 10.1 Å². The molecule has 0 aliphatic rings. The fourth-order valence-electron chi connectivity index (χ4n) is 2.79. The predicted octanol–water partition coefficient (Wildman–Crippen LogP) is 4.62. The molecule has 0 saturated carbocycles. The van der Waals surface area contributed by atoms with Crippen LogP contribution in [0.5, 0.6) is 0 Å². The average Bonchev–Trinajstić information content (AvgIpc) is 2.72. The van der Waals surface area contributed by atoms with E-state index >= 15 is 0 Å². The van der Waals surface area contributed by atoms with E-state index in [1.807, 2.05) is 6.92 Å². The summed E-state index contributed by atoms with van der Waals surface area (Å²) in [5, 5.41) is 3.16. The Labute approximate surface area is 180 Å². The maximum atomic E-state index is 13.2. The number of nitrogens with zero attached hydrogens (tertiary/aromatic N) is 1. The fourth-order valence-corrected chi connectivity index (χ4v) is 4.38. The van der Waals surface area contributed by atoms with E-state index in [2.05, 4.69) is 5.32 Å². The normalized spacial score (nSPS) is 11.5. The topological polar surface area (TPSA) is 66.5 Å². The predicted molar refractivity (Wildman–Crippen MR) is 115 cm³/mol. The molecule has 0 aliphatic carbocycles. The maximum absolute atomic E-state index is 13.2. The van der Waals surface area contributed by atoms with Crippen LogP contribution in [0.3, 0.4) is 0 Å². The van der Waals surface area contributed by atoms with Crippen molar-refractivity contribution in [2.75, 3.05) is 11.9 Å². The van der Waals surface area contributed by atoms with Crippen LogP contribution in [0.15, 0.2) is 77.7 Å². The quantitative estimate of drug-likeness (QED) is 0.576. The van der Waals surface area contributed by atoms with E-state index in [-0.39, 0.29) is 11.4 Å². The van der Waals surface area contributed by atoms with Gasteiger partial charge in [-0.2, -0.15) is 4.31 Å². The summed E-state index contributed by atoms with van der Waals surface area (Å²) < 4.78 is 40.6. The van der Waals surface area contributed by atoms with Crippen molar-refractivity contribution in [2.45, 2.75) is 18.4 Å². The van der Waals surface area contributed by atoms with Crippen LogP contribution in [0.25, 0.3) is 0 Å². The molecule has 3 rings (SSSR count). The van der Waals surface area contributed by atoms with Gasteiger partial charge in [-0.1, -0.05) is 48.0 Å². The van der Waals surface area contributed by atoms with Gasteiger partial charge in [0.25, 0.3) is 0 Å². The number of benzene rings is 3.